The Bertz CT molecular complexity index is 715. The maximum absolute atomic E-state index is 4.69. The van der Waals surface area contributed by atoms with Crippen molar-refractivity contribution in [1.29, 1.82) is 0 Å². The van der Waals surface area contributed by atoms with Gasteiger partial charge in [0.05, 0.1) is 0 Å². The van der Waals surface area contributed by atoms with Crippen molar-refractivity contribution in [3.63, 3.8) is 0 Å². The quantitative estimate of drug-likeness (QED) is 0.633. The van der Waals surface area contributed by atoms with Gasteiger partial charge in [-0.05, 0) is 38.8 Å². The molecule has 7 heteroatoms. The molecule has 2 aromatic rings. The van der Waals surface area contributed by atoms with E-state index < -0.39 is 0 Å². The first-order chi connectivity index (χ1) is 12.7. The van der Waals surface area contributed by atoms with Gasteiger partial charge in [-0.15, -0.1) is 10.2 Å². The monoisotopic (exact) mass is 355 g/mol. The Morgan fingerprint density at radius 1 is 1.19 bits per heavy atom. The highest BCUT2D eigenvalue weighted by molar-refractivity contribution is 5.80. The van der Waals surface area contributed by atoms with Crippen LogP contribution in [0.25, 0.3) is 0 Å². The molecule has 1 aromatic carbocycles. The predicted octanol–water partition coefficient (Wildman–Crippen LogP) is 1.85. The van der Waals surface area contributed by atoms with Crippen molar-refractivity contribution in [2.24, 2.45) is 12.0 Å². The van der Waals surface area contributed by atoms with Crippen molar-refractivity contribution < 1.29 is 0 Å². The van der Waals surface area contributed by atoms with Crippen LogP contribution in [0.1, 0.15) is 31.4 Å². The zero-order valence-electron chi connectivity index (χ0n) is 15.9. The summed E-state index contributed by atoms with van der Waals surface area (Å²) in [6.45, 7) is 7.51. The second kappa shape index (κ2) is 8.69. The molecule has 0 aliphatic carbocycles. The molecule has 0 spiro atoms. The lowest BCUT2D eigenvalue weighted by Crippen LogP contribution is -2.48. The van der Waals surface area contributed by atoms with Gasteiger partial charge in [-0.1, -0.05) is 18.2 Å². The third-order valence-corrected chi connectivity index (χ3v) is 4.86. The van der Waals surface area contributed by atoms with Gasteiger partial charge in [0.2, 0.25) is 0 Å². The summed E-state index contributed by atoms with van der Waals surface area (Å²) < 4.78 is 1.98. The number of hydrogen-bond acceptors (Lipinski definition) is 4. The van der Waals surface area contributed by atoms with Crippen LogP contribution in [-0.4, -0.2) is 46.4 Å². The third kappa shape index (κ3) is 4.53. The van der Waals surface area contributed by atoms with E-state index in [0.717, 1.165) is 50.1 Å². The second-order valence-electron chi connectivity index (χ2n) is 6.66. The molecule has 0 radical (unpaired) electrons. The second-order valence-corrected chi connectivity index (χ2v) is 6.66. The molecule has 0 amide bonds. The van der Waals surface area contributed by atoms with Gasteiger partial charge >= 0.3 is 0 Å². The van der Waals surface area contributed by atoms with E-state index in [4.69, 9.17) is 0 Å². The van der Waals surface area contributed by atoms with Crippen molar-refractivity contribution in [3.05, 3.63) is 42.0 Å². The summed E-state index contributed by atoms with van der Waals surface area (Å²) in [6, 6.07) is 11.1. The van der Waals surface area contributed by atoms with E-state index in [1.54, 1.807) is 0 Å². The van der Waals surface area contributed by atoms with E-state index in [2.05, 4.69) is 68.0 Å². The largest absolute Gasteiger partial charge is 0.371 e. The molecule has 1 aliphatic heterocycles. The molecule has 3 rings (SSSR count). The fraction of sp³-hybridized carbons (Fsp3) is 0.526. The lowest BCUT2D eigenvalue weighted by Gasteiger charge is -2.34. The summed E-state index contributed by atoms with van der Waals surface area (Å²) in [5.74, 6) is 2.63. The highest BCUT2D eigenvalue weighted by Crippen LogP contribution is 2.19. The third-order valence-electron chi connectivity index (χ3n) is 4.86. The average Bonchev–Trinajstić information content (AvgIpc) is 2.99. The Balaban J connectivity index is 1.55. The first kappa shape index (κ1) is 18.2. The summed E-state index contributed by atoms with van der Waals surface area (Å²) >= 11 is 0. The normalized spacial score (nSPS) is 16.0. The molecule has 0 bridgehead atoms. The highest BCUT2D eigenvalue weighted by atomic mass is 15.3. The van der Waals surface area contributed by atoms with Crippen molar-refractivity contribution in [3.8, 4) is 0 Å². The van der Waals surface area contributed by atoms with Crippen molar-refractivity contribution in [2.75, 3.05) is 24.5 Å². The number of nitrogens with zero attached hydrogens (tertiary/aromatic N) is 5. The number of aryl methyl sites for hydroxylation is 1. The molecular weight excluding hydrogens is 326 g/mol. The molecule has 26 heavy (non-hydrogen) atoms. The number of piperidine rings is 1. The van der Waals surface area contributed by atoms with Gasteiger partial charge in [0, 0.05) is 38.4 Å². The van der Waals surface area contributed by atoms with Crippen molar-refractivity contribution in [1.82, 2.24) is 25.4 Å². The molecule has 1 saturated heterocycles. The molecule has 0 saturated carbocycles. The molecular formula is C19H29N7. The Labute approximate surface area is 155 Å². The van der Waals surface area contributed by atoms with E-state index >= 15 is 0 Å². The Morgan fingerprint density at radius 2 is 1.92 bits per heavy atom. The zero-order chi connectivity index (χ0) is 18.4. The number of benzene rings is 1. The Hall–Kier alpha value is -2.57. The maximum atomic E-state index is 4.69. The molecule has 7 nitrogen and oxygen atoms in total. The lowest BCUT2D eigenvalue weighted by atomic mass is 10.0. The van der Waals surface area contributed by atoms with E-state index in [-0.39, 0.29) is 0 Å². The minimum atomic E-state index is 0.439. The summed E-state index contributed by atoms with van der Waals surface area (Å²) in [5.41, 5.74) is 1.31. The summed E-state index contributed by atoms with van der Waals surface area (Å²) in [5, 5.41) is 15.2. The molecule has 2 N–H and O–H groups in total. The highest BCUT2D eigenvalue weighted by Gasteiger charge is 2.20. The number of rotatable bonds is 5. The number of para-hydroxylation sites is 1. The van der Waals surface area contributed by atoms with Gasteiger partial charge < -0.3 is 20.1 Å². The van der Waals surface area contributed by atoms with Crippen LogP contribution in [0.5, 0.6) is 0 Å². The SMILES string of the molecule is CCNC(=NCc1nnc(C)n1C)NC1CCN(c2ccccc2)CC1. The van der Waals surface area contributed by atoms with E-state index in [9.17, 15) is 0 Å². The van der Waals surface area contributed by atoms with Gasteiger partial charge in [-0.25, -0.2) is 4.99 Å². The van der Waals surface area contributed by atoms with Crippen LogP contribution in [0, 0.1) is 6.92 Å². The van der Waals surface area contributed by atoms with Crippen LogP contribution in [0.2, 0.25) is 0 Å². The number of hydrogen-bond donors (Lipinski definition) is 2. The first-order valence-electron chi connectivity index (χ1n) is 9.37. The van der Waals surface area contributed by atoms with Gasteiger partial charge in [-0.2, -0.15) is 0 Å². The first-order valence-corrected chi connectivity index (χ1v) is 9.37. The van der Waals surface area contributed by atoms with Gasteiger partial charge in [-0.3, -0.25) is 0 Å². The molecule has 140 valence electrons. The van der Waals surface area contributed by atoms with Gasteiger partial charge in [0.15, 0.2) is 11.8 Å². The lowest BCUT2D eigenvalue weighted by molar-refractivity contribution is 0.461. The topological polar surface area (TPSA) is 70.4 Å². The van der Waals surface area contributed by atoms with Gasteiger partial charge in [0.1, 0.15) is 12.4 Å². The summed E-state index contributed by atoms with van der Waals surface area (Å²) in [4.78, 5) is 7.14. The average molecular weight is 355 g/mol. The number of aromatic nitrogens is 3. The number of nitrogens with one attached hydrogen (secondary N) is 2. The van der Waals surface area contributed by atoms with E-state index in [1.165, 1.54) is 5.69 Å². The molecule has 0 unspecified atom stereocenters. The van der Waals surface area contributed by atoms with Crippen LogP contribution in [0.4, 0.5) is 5.69 Å². The van der Waals surface area contributed by atoms with E-state index in [0.29, 0.717) is 12.6 Å². The Morgan fingerprint density at radius 3 is 2.54 bits per heavy atom. The van der Waals surface area contributed by atoms with Crippen LogP contribution in [0.15, 0.2) is 35.3 Å². The van der Waals surface area contributed by atoms with Gasteiger partial charge in [0.25, 0.3) is 0 Å². The fourth-order valence-corrected chi connectivity index (χ4v) is 3.17. The fourth-order valence-electron chi connectivity index (χ4n) is 3.17. The molecule has 1 fully saturated rings. The maximum Gasteiger partial charge on any atom is 0.191 e. The predicted molar refractivity (Wildman–Crippen MR) is 105 cm³/mol. The smallest absolute Gasteiger partial charge is 0.191 e. The summed E-state index contributed by atoms with van der Waals surface area (Å²) in [7, 11) is 1.97. The number of anilines is 1. The van der Waals surface area contributed by atoms with Crippen LogP contribution < -0.4 is 15.5 Å². The standard InChI is InChI=1S/C19H29N7/c1-4-20-19(21-14-18-24-23-15(2)25(18)3)22-16-10-12-26(13-11-16)17-8-6-5-7-9-17/h5-9,16H,4,10-14H2,1-3H3,(H2,20,21,22). The van der Waals surface area contributed by atoms with Crippen LogP contribution in [0.3, 0.4) is 0 Å². The van der Waals surface area contributed by atoms with Crippen LogP contribution >= 0.6 is 0 Å². The number of guanidine groups is 1. The summed E-state index contributed by atoms with van der Waals surface area (Å²) in [6.07, 6.45) is 2.20. The van der Waals surface area contributed by atoms with E-state index in [1.807, 2.05) is 18.5 Å². The van der Waals surface area contributed by atoms with Crippen LogP contribution in [-0.2, 0) is 13.6 Å². The van der Waals surface area contributed by atoms with Crippen molar-refractivity contribution >= 4 is 11.6 Å². The molecule has 2 heterocycles. The Kier molecular flexibility index (Phi) is 6.09. The number of aliphatic imine (C=N–C) groups is 1. The zero-order valence-corrected chi connectivity index (χ0v) is 15.9. The molecule has 0 atom stereocenters. The molecule has 1 aliphatic rings. The van der Waals surface area contributed by atoms with Crippen molar-refractivity contribution in [2.45, 2.75) is 39.3 Å². The minimum Gasteiger partial charge on any atom is -0.371 e. The minimum absolute atomic E-state index is 0.439. The molecule has 1 aromatic heterocycles.